The van der Waals surface area contributed by atoms with Crippen molar-refractivity contribution in [1.82, 2.24) is 0 Å². The third-order valence-electron chi connectivity index (χ3n) is 2.38. The van der Waals surface area contributed by atoms with Crippen molar-refractivity contribution in [3.8, 4) is 0 Å². The third-order valence-corrected chi connectivity index (χ3v) is 2.38. The Kier molecular flexibility index (Phi) is 1.84. The molecule has 1 atom stereocenters. The Hall–Kier alpha value is -1.71. The van der Waals surface area contributed by atoms with Gasteiger partial charge in [0, 0.05) is 5.56 Å². The Labute approximate surface area is 79.2 Å². The normalized spacial score (nSPS) is 19.5. The SMILES string of the molecule is O=C(O)C1Cc2ccc(F)cc2C1=O. The zero-order chi connectivity index (χ0) is 10.3. The minimum atomic E-state index is -1.15. The molecule has 0 aliphatic heterocycles. The van der Waals surface area contributed by atoms with Crippen LogP contribution in [0, 0.1) is 11.7 Å². The first-order valence-electron chi connectivity index (χ1n) is 4.15. The Morgan fingerprint density at radius 3 is 2.86 bits per heavy atom. The van der Waals surface area contributed by atoms with E-state index in [1.54, 1.807) is 0 Å². The minimum Gasteiger partial charge on any atom is -0.481 e. The van der Waals surface area contributed by atoms with Gasteiger partial charge in [0.25, 0.3) is 0 Å². The molecular weight excluding hydrogens is 187 g/mol. The molecule has 0 saturated carbocycles. The van der Waals surface area contributed by atoms with Crippen LogP contribution in [-0.4, -0.2) is 16.9 Å². The molecule has 0 saturated heterocycles. The molecule has 0 aromatic heterocycles. The predicted molar refractivity (Wildman–Crippen MR) is 45.6 cm³/mol. The topological polar surface area (TPSA) is 54.4 Å². The van der Waals surface area contributed by atoms with E-state index in [0.717, 1.165) is 6.07 Å². The fourth-order valence-corrected chi connectivity index (χ4v) is 1.66. The smallest absolute Gasteiger partial charge is 0.314 e. The van der Waals surface area contributed by atoms with E-state index in [2.05, 4.69) is 0 Å². The second kappa shape index (κ2) is 2.90. The molecule has 1 N–H and O–H groups in total. The fraction of sp³-hybridized carbons (Fsp3) is 0.200. The van der Waals surface area contributed by atoms with Crippen molar-refractivity contribution in [3.05, 3.63) is 35.1 Å². The summed E-state index contributed by atoms with van der Waals surface area (Å²) < 4.78 is 12.8. The van der Waals surface area contributed by atoms with Gasteiger partial charge in [0.2, 0.25) is 0 Å². The number of halogens is 1. The number of benzene rings is 1. The van der Waals surface area contributed by atoms with Crippen molar-refractivity contribution in [3.63, 3.8) is 0 Å². The number of hydrogen-bond donors (Lipinski definition) is 1. The van der Waals surface area contributed by atoms with Gasteiger partial charge in [-0.2, -0.15) is 0 Å². The largest absolute Gasteiger partial charge is 0.481 e. The van der Waals surface area contributed by atoms with Gasteiger partial charge >= 0.3 is 5.97 Å². The quantitative estimate of drug-likeness (QED) is 0.685. The van der Waals surface area contributed by atoms with Gasteiger partial charge in [-0.05, 0) is 24.1 Å². The number of hydrogen-bond acceptors (Lipinski definition) is 2. The predicted octanol–water partition coefficient (Wildman–Crippen LogP) is 1.27. The van der Waals surface area contributed by atoms with Crippen LogP contribution in [0.15, 0.2) is 18.2 Å². The van der Waals surface area contributed by atoms with Gasteiger partial charge in [-0.15, -0.1) is 0 Å². The first-order chi connectivity index (χ1) is 6.59. The molecule has 2 rings (SSSR count). The molecule has 4 heteroatoms. The highest BCUT2D eigenvalue weighted by molar-refractivity contribution is 6.11. The maximum Gasteiger partial charge on any atom is 0.314 e. The van der Waals surface area contributed by atoms with Gasteiger partial charge in [-0.3, -0.25) is 9.59 Å². The molecule has 0 amide bonds. The summed E-state index contributed by atoms with van der Waals surface area (Å²) in [6.07, 6.45) is 0.170. The second-order valence-corrected chi connectivity index (χ2v) is 3.26. The maximum atomic E-state index is 12.8. The Balaban J connectivity index is 2.46. The van der Waals surface area contributed by atoms with Crippen LogP contribution in [0.25, 0.3) is 0 Å². The summed E-state index contributed by atoms with van der Waals surface area (Å²) in [6.45, 7) is 0. The van der Waals surface area contributed by atoms with Crippen molar-refractivity contribution in [2.45, 2.75) is 6.42 Å². The molecule has 0 heterocycles. The van der Waals surface area contributed by atoms with Crippen molar-refractivity contribution < 1.29 is 19.1 Å². The maximum absolute atomic E-state index is 12.8. The van der Waals surface area contributed by atoms with Gasteiger partial charge in [-0.25, -0.2) is 4.39 Å². The van der Waals surface area contributed by atoms with Gasteiger partial charge in [0.15, 0.2) is 5.78 Å². The summed E-state index contributed by atoms with van der Waals surface area (Å²) in [4.78, 5) is 22.1. The van der Waals surface area contributed by atoms with E-state index < -0.39 is 23.5 Å². The minimum absolute atomic E-state index is 0.170. The van der Waals surface area contributed by atoms with E-state index in [1.165, 1.54) is 12.1 Å². The first kappa shape index (κ1) is 8.87. The Morgan fingerprint density at radius 1 is 1.50 bits per heavy atom. The highest BCUT2D eigenvalue weighted by atomic mass is 19.1. The van der Waals surface area contributed by atoms with Crippen molar-refractivity contribution >= 4 is 11.8 Å². The molecule has 0 fully saturated rings. The van der Waals surface area contributed by atoms with E-state index in [9.17, 15) is 14.0 Å². The average molecular weight is 194 g/mol. The lowest BCUT2D eigenvalue weighted by molar-refractivity contribution is -0.139. The van der Waals surface area contributed by atoms with E-state index in [-0.39, 0.29) is 12.0 Å². The number of aliphatic carboxylic acids is 1. The lowest BCUT2D eigenvalue weighted by atomic mass is 10.1. The summed E-state index contributed by atoms with van der Waals surface area (Å²) in [5, 5.41) is 8.71. The number of Topliss-reactive ketones (excluding diaryl/α,β-unsaturated/α-hetero) is 1. The van der Waals surface area contributed by atoms with Crippen LogP contribution in [0.1, 0.15) is 15.9 Å². The lowest BCUT2D eigenvalue weighted by Crippen LogP contribution is -2.19. The molecule has 1 aromatic rings. The number of carbonyl (C=O) groups is 2. The Bertz CT molecular complexity index is 425. The van der Waals surface area contributed by atoms with Crippen molar-refractivity contribution in [1.29, 1.82) is 0 Å². The van der Waals surface area contributed by atoms with Gasteiger partial charge in [0.1, 0.15) is 11.7 Å². The fourth-order valence-electron chi connectivity index (χ4n) is 1.66. The number of fused-ring (bicyclic) bond motifs is 1. The lowest BCUT2D eigenvalue weighted by Gasteiger charge is -1.97. The molecule has 0 spiro atoms. The van der Waals surface area contributed by atoms with Gasteiger partial charge < -0.3 is 5.11 Å². The highest BCUT2D eigenvalue weighted by Gasteiger charge is 2.35. The van der Waals surface area contributed by atoms with Crippen LogP contribution in [0.5, 0.6) is 0 Å². The highest BCUT2D eigenvalue weighted by Crippen LogP contribution is 2.27. The van der Waals surface area contributed by atoms with Crippen LogP contribution in [0.4, 0.5) is 4.39 Å². The third kappa shape index (κ3) is 1.19. The number of ketones is 1. The Morgan fingerprint density at radius 2 is 2.21 bits per heavy atom. The number of rotatable bonds is 1. The molecule has 3 nitrogen and oxygen atoms in total. The average Bonchev–Trinajstić information content (AvgIpc) is 2.44. The first-order valence-corrected chi connectivity index (χ1v) is 4.15. The summed E-state index contributed by atoms with van der Waals surface area (Å²) in [6, 6.07) is 3.79. The van der Waals surface area contributed by atoms with E-state index in [4.69, 9.17) is 5.11 Å². The van der Waals surface area contributed by atoms with E-state index in [0.29, 0.717) is 5.56 Å². The summed E-state index contributed by atoms with van der Waals surface area (Å²) in [5.74, 6) is -3.19. The monoisotopic (exact) mass is 194 g/mol. The van der Waals surface area contributed by atoms with E-state index in [1.807, 2.05) is 0 Å². The van der Waals surface area contributed by atoms with Crippen LogP contribution >= 0.6 is 0 Å². The van der Waals surface area contributed by atoms with Crippen LogP contribution < -0.4 is 0 Å². The zero-order valence-corrected chi connectivity index (χ0v) is 7.16. The zero-order valence-electron chi connectivity index (χ0n) is 7.16. The van der Waals surface area contributed by atoms with Crippen molar-refractivity contribution in [2.24, 2.45) is 5.92 Å². The molecule has 72 valence electrons. The summed E-state index contributed by atoms with van der Waals surface area (Å²) in [7, 11) is 0. The van der Waals surface area contributed by atoms with E-state index >= 15 is 0 Å². The number of carboxylic acids is 1. The molecule has 14 heavy (non-hydrogen) atoms. The molecule has 0 radical (unpaired) electrons. The molecule has 1 aliphatic rings. The number of carboxylic acid groups (broad SMARTS) is 1. The number of carbonyl (C=O) groups excluding carboxylic acids is 1. The molecule has 0 bridgehead atoms. The summed E-state index contributed by atoms with van der Waals surface area (Å²) >= 11 is 0. The standard InChI is InChI=1S/C10H7FO3/c11-6-2-1-5-3-8(10(13)14)9(12)7(5)4-6/h1-2,4,8H,3H2,(H,13,14). The van der Waals surface area contributed by atoms with Crippen LogP contribution in [0.2, 0.25) is 0 Å². The molecule has 1 aliphatic carbocycles. The molecular formula is C10H7FO3. The van der Waals surface area contributed by atoms with Crippen molar-refractivity contribution in [2.75, 3.05) is 0 Å². The second-order valence-electron chi connectivity index (χ2n) is 3.26. The van der Waals surface area contributed by atoms with Crippen LogP contribution in [0.3, 0.4) is 0 Å². The molecule has 1 aromatic carbocycles. The molecule has 1 unspecified atom stereocenters. The van der Waals surface area contributed by atoms with Gasteiger partial charge in [0.05, 0.1) is 0 Å². The van der Waals surface area contributed by atoms with Crippen LogP contribution in [-0.2, 0) is 11.2 Å². The summed E-state index contributed by atoms with van der Waals surface area (Å²) in [5.41, 5.74) is 0.821. The van der Waals surface area contributed by atoms with Gasteiger partial charge in [-0.1, -0.05) is 6.07 Å².